The van der Waals surface area contributed by atoms with Crippen molar-refractivity contribution in [3.63, 3.8) is 0 Å². The van der Waals surface area contributed by atoms with Crippen molar-refractivity contribution in [2.24, 2.45) is 0 Å². The van der Waals surface area contributed by atoms with Gasteiger partial charge in [0.05, 0.1) is 0 Å². The molecule has 0 unspecified atom stereocenters. The smallest absolute Gasteiger partial charge is 0.164 e. The van der Waals surface area contributed by atoms with Crippen molar-refractivity contribution in [2.45, 2.75) is 0 Å². The first-order chi connectivity index (χ1) is 26.8. The molecule has 0 saturated heterocycles. The van der Waals surface area contributed by atoms with Crippen LogP contribution in [-0.2, 0) is 0 Å². The number of furan rings is 1. The molecule has 3 heterocycles. The van der Waals surface area contributed by atoms with Gasteiger partial charge in [0.15, 0.2) is 17.5 Å². The molecular formula is C49H29N3OS. The van der Waals surface area contributed by atoms with Crippen LogP contribution < -0.4 is 0 Å². The van der Waals surface area contributed by atoms with Gasteiger partial charge in [-0.05, 0) is 40.3 Å². The zero-order valence-electron chi connectivity index (χ0n) is 28.9. The lowest BCUT2D eigenvalue weighted by Crippen LogP contribution is -2.00. The summed E-state index contributed by atoms with van der Waals surface area (Å²) in [5, 5.41) is 6.88. The van der Waals surface area contributed by atoms with Crippen molar-refractivity contribution < 1.29 is 4.42 Å². The Hall–Kier alpha value is -6.95. The Morgan fingerprint density at radius 2 is 0.852 bits per heavy atom. The molecule has 0 aliphatic carbocycles. The molecule has 0 aliphatic rings. The first-order valence-electron chi connectivity index (χ1n) is 18.0. The molecule has 0 spiro atoms. The molecule has 0 atom stereocenters. The Morgan fingerprint density at radius 3 is 1.63 bits per heavy atom. The van der Waals surface area contributed by atoms with Crippen molar-refractivity contribution in [2.75, 3.05) is 0 Å². The number of nitrogens with zero attached hydrogens (tertiary/aromatic N) is 3. The summed E-state index contributed by atoms with van der Waals surface area (Å²) >= 11 is 1.79. The predicted molar refractivity (Wildman–Crippen MR) is 225 cm³/mol. The lowest BCUT2D eigenvalue weighted by molar-refractivity contribution is 0.674. The van der Waals surface area contributed by atoms with Crippen LogP contribution in [0.3, 0.4) is 0 Å². The van der Waals surface area contributed by atoms with Gasteiger partial charge in [0, 0.05) is 58.6 Å². The van der Waals surface area contributed by atoms with Gasteiger partial charge in [-0.2, -0.15) is 0 Å². The second-order valence-corrected chi connectivity index (χ2v) is 14.6. The van der Waals surface area contributed by atoms with Crippen LogP contribution in [0, 0.1) is 0 Å². The van der Waals surface area contributed by atoms with Crippen molar-refractivity contribution in [1.29, 1.82) is 0 Å². The maximum atomic E-state index is 6.81. The van der Waals surface area contributed by atoms with Gasteiger partial charge in [-0.25, -0.2) is 15.0 Å². The molecule has 8 aromatic carbocycles. The molecule has 252 valence electrons. The van der Waals surface area contributed by atoms with Crippen LogP contribution in [-0.4, -0.2) is 15.0 Å². The zero-order valence-corrected chi connectivity index (χ0v) is 29.7. The van der Waals surface area contributed by atoms with Crippen LogP contribution in [0.1, 0.15) is 0 Å². The van der Waals surface area contributed by atoms with Gasteiger partial charge in [0.25, 0.3) is 0 Å². The largest absolute Gasteiger partial charge is 0.455 e. The van der Waals surface area contributed by atoms with Gasteiger partial charge in [-0.3, -0.25) is 0 Å². The average Bonchev–Trinajstić information content (AvgIpc) is 3.83. The monoisotopic (exact) mass is 707 g/mol. The molecule has 0 amide bonds. The van der Waals surface area contributed by atoms with Crippen LogP contribution in [0.25, 0.3) is 109 Å². The Kier molecular flexibility index (Phi) is 7.00. The van der Waals surface area contributed by atoms with Gasteiger partial charge in [-0.1, -0.05) is 158 Å². The minimum Gasteiger partial charge on any atom is -0.455 e. The van der Waals surface area contributed by atoms with Gasteiger partial charge >= 0.3 is 0 Å². The molecule has 4 nitrogen and oxygen atoms in total. The van der Waals surface area contributed by atoms with E-state index in [0.29, 0.717) is 17.5 Å². The highest BCUT2D eigenvalue weighted by Crippen LogP contribution is 2.43. The first kappa shape index (κ1) is 30.7. The molecule has 54 heavy (non-hydrogen) atoms. The van der Waals surface area contributed by atoms with E-state index in [2.05, 4.69) is 146 Å². The van der Waals surface area contributed by atoms with E-state index in [-0.39, 0.29) is 0 Å². The second kappa shape index (κ2) is 12.3. The molecule has 0 saturated carbocycles. The summed E-state index contributed by atoms with van der Waals surface area (Å²) in [5.74, 6) is 1.93. The lowest BCUT2D eigenvalue weighted by atomic mass is 9.95. The Labute approximate surface area is 314 Å². The SMILES string of the molecule is c1ccc(-c2nc(-c3ccc(-c4cccc5c4oc4c6ccccc6c(-c6ccccc6)cc54)cc3)nc(-c3cccc4sc5ccccc5c34)n2)cc1. The quantitative estimate of drug-likeness (QED) is 0.179. The van der Waals surface area contributed by atoms with Crippen molar-refractivity contribution >= 4 is 64.2 Å². The summed E-state index contributed by atoms with van der Waals surface area (Å²) in [4.78, 5) is 15.3. The van der Waals surface area contributed by atoms with Gasteiger partial charge in [0.1, 0.15) is 11.2 Å². The molecule has 0 radical (unpaired) electrons. The third kappa shape index (κ3) is 4.94. The van der Waals surface area contributed by atoms with E-state index in [1.165, 1.54) is 36.7 Å². The minimum absolute atomic E-state index is 0.629. The van der Waals surface area contributed by atoms with E-state index in [1.807, 2.05) is 30.3 Å². The van der Waals surface area contributed by atoms with E-state index in [0.717, 1.165) is 55.1 Å². The van der Waals surface area contributed by atoms with Crippen LogP contribution >= 0.6 is 11.3 Å². The maximum Gasteiger partial charge on any atom is 0.164 e. The fourth-order valence-corrected chi connectivity index (χ4v) is 8.94. The highest BCUT2D eigenvalue weighted by Gasteiger charge is 2.19. The summed E-state index contributed by atoms with van der Waals surface area (Å²) in [7, 11) is 0. The topological polar surface area (TPSA) is 51.8 Å². The van der Waals surface area contributed by atoms with Crippen LogP contribution in [0.15, 0.2) is 180 Å². The molecule has 0 N–H and O–H groups in total. The summed E-state index contributed by atoms with van der Waals surface area (Å²) < 4.78 is 9.27. The summed E-state index contributed by atoms with van der Waals surface area (Å²) in [6, 6.07) is 61.4. The highest BCUT2D eigenvalue weighted by atomic mass is 32.1. The molecule has 0 fully saturated rings. The number of aromatic nitrogens is 3. The molecule has 0 bridgehead atoms. The number of fused-ring (bicyclic) bond motifs is 8. The number of para-hydroxylation sites is 1. The number of benzene rings is 8. The van der Waals surface area contributed by atoms with E-state index < -0.39 is 0 Å². The van der Waals surface area contributed by atoms with Gasteiger partial charge in [0.2, 0.25) is 0 Å². The van der Waals surface area contributed by atoms with E-state index in [1.54, 1.807) is 11.3 Å². The fraction of sp³-hybridized carbons (Fsp3) is 0. The third-order valence-corrected chi connectivity index (χ3v) is 11.5. The maximum absolute atomic E-state index is 6.81. The van der Waals surface area contributed by atoms with Crippen molar-refractivity contribution in [1.82, 2.24) is 15.0 Å². The molecule has 11 aromatic rings. The normalized spacial score (nSPS) is 11.7. The predicted octanol–water partition coefficient (Wildman–Crippen LogP) is 13.6. The average molecular weight is 708 g/mol. The Bertz CT molecular complexity index is 3200. The third-order valence-electron chi connectivity index (χ3n) is 10.4. The van der Waals surface area contributed by atoms with Crippen molar-refractivity contribution in [3.8, 4) is 56.4 Å². The van der Waals surface area contributed by atoms with Crippen LogP contribution in [0.4, 0.5) is 0 Å². The van der Waals surface area contributed by atoms with E-state index in [9.17, 15) is 0 Å². The standard InChI is InChI=1S/C49H29N3OS/c1-3-13-30(14-4-1)40-29-41-37-21-11-20-34(45(37)53-46(41)36-18-8-7-17-35(36)40)31-25-27-33(28-26-31)48-50-47(32-15-5-2-6-16-32)51-49(52-48)39-22-12-24-43-44(39)38-19-9-10-23-42(38)54-43/h1-29H. The Balaban J connectivity index is 1.05. The van der Waals surface area contributed by atoms with Gasteiger partial charge < -0.3 is 4.42 Å². The summed E-state index contributed by atoms with van der Waals surface area (Å²) in [6.45, 7) is 0. The van der Waals surface area contributed by atoms with Crippen LogP contribution in [0.5, 0.6) is 0 Å². The molecule has 5 heteroatoms. The van der Waals surface area contributed by atoms with E-state index in [4.69, 9.17) is 19.4 Å². The van der Waals surface area contributed by atoms with Crippen molar-refractivity contribution in [3.05, 3.63) is 176 Å². The minimum atomic E-state index is 0.629. The van der Waals surface area contributed by atoms with E-state index >= 15 is 0 Å². The number of hydrogen-bond donors (Lipinski definition) is 0. The molecule has 0 aliphatic heterocycles. The zero-order chi connectivity index (χ0) is 35.6. The highest BCUT2D eigenvalue weighted by molar-refractivity contribution is 7.25. The fourth-order valence-electron chi connectivity index (χ4n) is 7.81. The number of rotatable bonds is 5. The summed E-state index contributed by atoms with van der Waals surface area (Å²) in [6.07, 6.45) is 0. The number of thiophene rings is 1. The Morgan fingerprint density at radius 1 is 0.333 bits per heavy atom. The molecular weight excluding hydrogens is 679 g/mol. The van der Waals surface area contributed by atoms with Crippen LogP contribution in [0.2, 0.25) is 0 Å². The summed E-state index contributed by atoms with van der Waals surface area (Å²) in [5.41, 5.74) is 9.13. The molecule has 11 rings (SSSR count). The number of hydrogen-bond acceptors (Lipinski definition) is 5. The van der Waals surface area contributed by atoms with Gasteiger partial charge in [-0.15, -0.1) is 11.3 Å². The lowest BCUT2D eigenvalue weighted by Gasteiger charge is -2.10. The first-order valence-corrected chi connectivity index (χ1v) is 18.8. The molecule has 3 aromatic heterocycles. The second-order valence-electron chi connectivity index (χ2n) is 13.5.